The van der Waals surface area contributed by atoms with Gasteiger partial charge in [0.25, 0.3) is 0 Å². The Balaban J connectivity index is 2.00. The van der Waals surface area contributed by atoms with Gasteiger partial charge in [-0.25, -0.2) is 5.84 Å². The minimum absolute atomic E-state index is 0.240. The van der Waals surface area contributed by atoms with Crippen LogP contribution in [-0.2, 0) is 6.54 Å². The van der Waals surface area contributed by atoms with E-state index in [0.29, 0.717) is 6.54 Å². The van der Waals surface area contributed by atoms with Gasteiger partial charge in [-0.15, -0.1) is 0 Å². The Bertz CT molecular complexity index is 776. The largest absolute Gasteiger partial charge is 0.459 e. The molecule has 3 rings (SSSR count). The topological polar surface area (TPSA) is 73.2 Å². The summed E-state index contributed by atoms with van der Waals surface area (Å²) in [5.74, 6) is 4.96. The number of carbonyl (C=O) groups is 1. The van der Waals surface area contributed by atoms with Crippen molar-refractivity contribution in [2.75, 3.05) is 0 Å². The highest BCUT2D eigenvalue weighted by molar-refractivity contribution is 9.10. The molecule has 0 bridgehead atoms. The zero-order valence-electron chi connectivity index (χ0n) is 10.5. The summed E-state index contributed by atoms with van der Waals surface area (Å²) in [6.45, 7) is 0.541. The van der Waals surface area contributed by atoms with Crippen molar-refractivity contribution >= 4 is 32.7 Å². The first kappa shape index (κ1) is 13.0. The molecule has 6 heteroatoms. The number of hydrazine groups is 1. The minimum Gasteiger partial charge on any atom is -0.459 e. The number of benzene rings is 1. The van der Waals surface area contributed by atoms with Gasteiger partial charge in [0.15, 0.2) is 5.76 Å². The van der Waals surface area contributed by atoms with E-state index >= 15 is 0 Å². The predicted octanol–water partition coefficient (Wildman–Crippen LogP) is 2.65. The normalized spacial score (nSPS) is 10.9. The van der Waals surface area contributed by atoms with Gasteiger partial charge in [0.05, 0.1) is 12.8 Å². The number of nitrogen functional groups attached to an aromatic ring is 1. The van der Waals surface area contributed by atoms with Crippen molar-refractivity contribution in [2.45, 2.75) is 6.54 Å². The molecule has 0 aliphatic carbocycles. The van der Waals surface area contributed by atoms with Crippen LogP contribution >= 0.6 is 15.9 Å². The molecule has 0 aliphatic heterocycles. The van der Waals surface area contributed by atoms with E-state index in [1.165, 1.54) is 6.26 Å². The number of rotatable bonds is 3. The quantitative estimate of drug-likeness (QED) is 0.439. The molecule has 0 aliphatic rings. The molecule has 3 aromatic rings. The van der Waals surface area contributed by atoms with Crippen LogP contribution in [0, 0.1) is 0 Å². The number of nitrogens with one attached hydrogen (secondary N) is 1. The third-order valence-corrected chi connectivity index (χ3v) is 3.65. The number of fused-ring (bicyclic) bond motifs is 1. The molecule has 2 heterocycles. The Morgan fingerprint density at radius 3 is 3.00 bits per heavy atom. The minimum atomic E-state index is -0.428. The van der Waals surface area contributed by atoms with Crippen molar-refractivity contribution in [2.24, 2.45) is 5.84 Å². The molecule has 102 valence electrons. The van der Waals surface area contributed by atoms with E-state index in [1.54, 1.807) is 6.07 Å². The predicted molar refractivity (Wildman–Crippen MR) is 79.1 cm³/mol. The molecule has 0 radical (unpaired) electrons. The Hall–Kier alpha value is -2.05. The fourth-order valence-electron chi connectivity index (χ4n) is 2.20. The van der Waals surface area contributed by atoms with Gasteiger partial charge in [-0.1, -0.05) is 22.0 Å². The third-order valence-electron chi connectivity index (χ3n) is 3.16. The second-order valence-corrected chi connectivity index (χ2v) is 5.31. The van der Waals surface area contributed by atoms with Gasteiger partial charge in [-0.05, 0) is 29.7 Å². The van der Waals surface area contributed by atoms with Gasteiger partial charge >= 0.3 is 5.91 Å². The van der Waals surface area contributed by atoms with E-state index in [9.17, 15) is 4.79 Å². The fraction of sp³-hybridized carbons (Fsp3) is 0.0714. The van der Waals surface area contributed by atoms with Gasteiger partial charge in [0, 0.05) is 21.7 Å². The molecule has 0 atom stereocenters. The highest BCUT2D eigenvalue weighted by Gasteiger charge is 2.15. The highest BCUT2D eigenvalue weighted by atomic mass is 79.9. The molecular weight excluding hydrogens is 322 g/mol. The molecule has 1 aromatic carbocycles. The molecule has 0 fully saturated rings. The van der Waals surface area contributed by atoms with Crippen LogP contribution in [0.4, 0.5) is 0 Å². The molecule has 3 N–H and O–H groups in total. The van der Waals surface area contributed by atoms with Crippen molar-refractivity contribution < 1.29 is 9.21 Å². The van der Waals surface area contributed by atoms with Crippen molar-refractivity contribution in [1.29, 1.82) is 0 Å². The second kappa shape index (κ2) is 5.15. The lowest BCUT2D eigenvalue weighted by Gasteiger charge is -2.06. The van der Waals surface area contributed by atoms with E-state index in [1.807, 2.05) is 30.5 Å². The molecule has 2 aromatic heterocycles. The smallest absolute Gasteiger partial charge is 0.301 e. The maximum Gasteiger partial charge on any atom is 0.301 e. The first-order chi connectivity index (χ1) is 9.69. The summed E-state index contributed by atoms with van der Waals surface area (Å²) < 4.78 is 8.25. The van der Waals surface area contributed by atoms with Crippen molar-refractivity contribution in [1.82, 2.24) is 9.99 Å². The maximum absolute atomic E-state index is 11.6. The summed E-state index contributed by atoms with van der Waals surface area (Å²) in [5, 5.41) is 1.14. The van der Waals surface area contributed by atoms with Gasteiger partial charge in [-0.2, -0.15) is 0 Å². The van der Waals surface area contributed by atoms with Crippen LogP contribution in [0.5, 0.6) is 0 Å². The zero-order chi connectivity index (χ0) is 14.1. The molecule has 0 saturated carbocycles. The number of aromatic nitrogens is 1. The summed E-state index contributed by atoms with van der Waals surface area (Å²) in [5.41, 5.74) is 3.95. The van der Waals surface area contributed by atoms with Crippen LogP contribution in [-0.4, -0.2) is 10.5 Å². The van der Waals surface area contributed by atoms with Gasteiger partial charge in [0.1, 0.15) is 0 Å². The Kier molecular flexibility index (Phi) is 3.33. The number of nitrogens with two attached hydrogens (primary N) is 1. The summed E-state index contributed by atoms with van der Waals surface area (Å²) in [7, 11) is 0. The average molecular weight is 334 g/mol. The standard InChI is InChI=1S/C14H12BrN3O2/c15-11-2-1-9-3-5-18(12(9)7-11)8-10-4-6-20-13(10)14(19)17-16/h1-7H,8,16H2,(H,17,19). The van der Waals surface area contributed by atoms with Crippen LogP contribution in [0.25, 0.3) is 10.9 Å². The lowest BCUT2D eigenvalue weighted by atomic mass is 10.2. The SMILES string of the molecule is NNC(=O)c1occc1Cn1ccc2ccc(Br)cc21. The van der Waals surface area contributed by atoms with E-state index < -0.39 is 5.91 Å². The summed E-state index contributed by atoms with van der Waals surface area (Å²) in [4.78, 5) is 11.6. The van der Waals surface area contributed by atoms with Crippen molar-refractivity contribution in [3.05, 3.63) is 58.6 Å². The van der Waals surface area contributed by atoms with Crippen LogP contribution in [0.3, 0.4) is 0 Å². The number of nitrogens with zero attached hydrogens (tertiary/aromatic N) is 1. The fourth-order valence-corrected chi connectivity index (χ4v) is 2.55. The van der Waals surface area contributed by atoms with E-state index in [2.05, 4.69) is 25.9 Å². The number of hydrogen-bond acceptors (Lipinski definition) is 3. The van der Waals surface area contributed by atoms with Crippen LogP contribution < -0.4 is 11.3 Å². The van der Waals surface area contributed by atoms with Gasteiger partial charge in [-0.3, -0.25) is 10.2 Å². The van der Waals surface area contributed by atoms with Crippen LogP contribution in [0.15, 0.2) is 51.7 Å². The monoisotopic (exact) mass is 333 g/mol. The molecule has 5 nitrogen and oxygen atoms in total. The lowest BCUT2D eigenvalue weighted by Crippen LogP contribution is -2.30. The Morgan fingerprint density at radius 2 is 2.20 bits per heavy atom. The summed E-state index contributed by atoms with van der Waals surface area (Å²) in [6.07, 6.45) is 3.47. The zero-order valence-corrected chi connectivity index (χ0v) is 12.1. The molecule has 0 unspecified atom stereocenters. The number of furan rings is 1. The lowest BCUT2D eigenvalue weighted by molar-refractivity contribution is 0.0924. The van der Waals surface area contributed by atoms with Crippen LogP contribution in [0.1, 0.15) is 16.1 Å². The van der Waals surface area contributed by atoms with E-state index in [0.717, 1.165) is 20.9 Å². The van der Waals surface area contributed by atoms with E-state index in [4.69, 9.17) is 10.3 Å². The number of amides is 1. The number of hydrogen-bond donors (Lipinski definition) is 2. The summed E-state index contributed by atoms with van der Waals surface area (Å²) in [6, 6.07) is 9.88. The average Bonchev–Trinajstić information content (AvgIpc) is 3.06. The van der Waals surface area contributed by atoms with Gasteiger partial charge < -0.3 is 8.98 Å². The Labute approximate surface area is 123 Å². The molecule has 0 spiro atoms. The van der Waals surface area contributed by atoms with Crippen molar-refractivity contribution in [3.63, 3.8) is 0 Å². The molecule has 20 heavy (non-hydrogen) atoms. The highest BCUT2D eigenvalue weighted by Crippen LogP contribution is 2.22. The van der Waals surface area contributed by atoms with Crippen LogP contribution in [0.2, 0.25) is 0 Å². The Morgan fingerprint density at radius 1 is 1.35 bits per heavy atom. The maximum atomic E-state index is 11.6. The number of halogens is 1. The van der Waals surface area contributed by atoms with E-state index in [-0.39, 0.29) is 5.76 Å². The summed E-state index contributed by atoms with van der Waals surface area (Å²) >= 11 is 3.47. The molecular formula is C14H12BrN3O2. The third kappa shape index (κ3) is 2.23. The molecule has 1 amide bonds. The second-order valence-electron chi connectivity index (χ2n) is 4.40. The van der Waals surface area contributed by atoms with Gasteiger partial charge in [0.2, 0.25) is 0 Å². The number of carbonyl (C=O) groups excluding carboxylic acids is 1. The molecule has 0 saturated heterocycles. The van der Waals surface area contributed by atoms with Crippen molar-refractivity contribution in [3.8, 4) is 0 Å². The first-order valence-corrected chi connectivity index (χ1v) is 6.80. The first-order valence-electron chi connectivity index (χ1n) is 6.01.